The van der Waals surface area contributed by atoms with Crippen LogP contribution in [0.15, 0.2) is 23.3 Å². The minimum atomic E-state index is -0.385. The molecule has 8 heteroatoms. The molecule has 0 saturated heterocycles. The number of benzene rings is 1. The molecule has 2 rings (SSSR count). The molecule has 96 valence electrons. The summed E-state index contributed by atoms with van der Waals surface area (Å²) in [5, 5.41) is 4.36. The Labute approximate surface area is 107 Å². The minimum Gasteiger partial charge on any atom is -0.361 e. The molecule has 0 unspecified atom stereocenters. The zero-order chi connectivity index (χ0) is 13.3. The van der Waals surface area contributed by atoms with E-state index < -0.39 is 0 Å². The highest BCUT2D eigenvalue weighted by molar-refractivity contribution is 7.16. The summed E-state index contributed by atoms with van der Waals surface area (Å²) in [6.07, 6.45) is 0. The molecule has 1 aromatic carbocycles. The molecule has 0 fully saturated rings. The quantitative estimate of drug-likeness (QED) is 0.455. The Morgan fingerprint density at radius 2 is 2.28 bits per heavy atom. The predicted molar refractivity (Wildman–Crippen MR) is 67.9 cm³/mol. The molecule has 0 aliphatic heterocycles. The number of hydrogen-bond donors (Lipinski definition) is 2. The Morgan fingerprint density at radius 3 is 2.89 bits per heavy atom. The molecule has 1 heterocycles. The van der Waals surface area contributed by atoms with Crippen LogP contribution in [0, 0.1) is 0 Å². The number of amides is 1. The molecule has 0 radical (unpaired) electrons. The number of hydroxylamine groups is 1. The number of aryl methyl sites for hydroxylation is 1. The smallest absolute Gasteiger partial charge is 0.269 e. The highest BCUT2D eigenvalue weighted by Gasteiger charge is 2.08. The molecule has 0 aliphatic rings. The van der Waals surface area contributed by atoms with Crippen molar-refractivity contribution < 1.29 is 9.63 Å². The number of nitrogens with two attached hydrogens (primary N) is 2. The van der Waals surface area contributed by atoms with E-state index in [1.54, 1.807) is 12.1 Å². The van der Waals surface area contributed by atoms with Crippen LogP contribution in [0.5, 0.6) is 5.75 Å². The van der Waals surface area contributed by atoms with E-state index in [2.05, 4.69) is 5.10 Å². The molecule has 0 spiro atoms. The highest BCUT2D eigenvalue weighted by atomic mass is 32.1. The molecule has 7 nitrogen and oxygen atoms in total. The van der Waals surface area contributed by atoms with E-state index in [9.17, 15) is 4.79 Å². The monoisotopic (exact) mass is 267 g/mol. The molecule has 4 N–H and O–H groups in total. The molecule has 1 aromatic heterocycles. The minimum absolute atomic E-state index is 0.385. The molecular formula is C10H13N5O2S. The Morgan fingerprint density at radius 1 is 1.56 bits per heavy atom. The SMILES string of the molecule is CC(=O)N(N)Oc1ccc2c(c1)sc(=NN)n2C. The van der Waals surface area contributed by atoms with Gasteiger partial charge in [-0.2, -0.15) is 5.10 Å². The molecular weight excluding hydrogens is 254 g/mol. The first-order chi connectivity index (χ1) is 8.52. The van der Waals surface area contributed by atoms with Gasteiger partial charge in [-0.1, -0.05) is 11.3 Å². The third kappa shape index (κ3) is 2.15. The second kappa shape index (κ2) is 4.67. The maximum Gasteiger partial charge on any atom is 0.269 e. The van der Waals surface area contributed by atoms with E-state index in [0.29, 0.717) is 15.7 Å². The summed E-state index contributed by atoms with van der Waals surface area (Å²) in [6, 6.07) is 5.35. The summed E-state index contributed by atoms with van der Waals surface area (Å²) in [4.78, 5) is 16.8. The zero-order valence-corrected chi connectivity index (χ0v) is 10.8. The third-order valence-corrected chi connectivity index (χ3v) is 3.51. The fraction of sp³-hybridized carbons (Fsp3) is 0.200. The molecule has 0 aliphatic carbocycles. The van der Waals surface area contributed by atoms with Gasteiger partial charge in [0.25, 0.3) is 5.91 Å². The van der Waals surface area contributed by atoms with Gasteiger partial charge in [-0.05, 0) is 12.1 Å². The number of carbonyl (C=O) groups excluding carboxylic acids is 1. The maximum absolute atomic E-state index is 11.0. The largest absolute Gasteiger partial charge is 0.361 e. The molecule has 0 atom stereocenters. The number of thiazole rings is 1. The molecule has 2 aromatic rings. The van der Waals surface area contributed by atoms with Crippen LogP contribution in [0.4, 0.5) is 0 Å². The Bertz CT molecular complexity index is 660. The number of hydrogen-bond acceptors (Lipinski definition) is 6. The van der Waals surface area contributed by atoms with E-state index in [1.165, 1.54) is 18.3 Å². The summed E-state index contributed by atoms with van der Waals surface area (Å²) in [5.74, 6) is 10.8. The second-order valence-corrected chi connectivity index (χ2v) is 4.65. The fourth-order valence-electron chi connectivity index (χ4n) is 1.47. The second-order valence-electron chi connectivity index (χ2n) is 3.64. The van der Waals surface area contributed by atoms with E-state index in [1.807, 2.05) is 17.7 Å². The Kier molecular flexibility index (Phi) is 3.21. The van der Waals surface area contributed by atoms with E-state index in [4.69, 9.17) is 16.5 Å². The molecule has 1 amide bonds. The predicted octanol–water partition coefficient (Wildman–Crippen LogP) is 0.0302. The summed E-state index contributed by atoms with van der Waals surface area (Å²) >= 11 is 1.42. The summed E-state index contributed by atoms with van der Waals surface area (Å²) in [7, 11) is 1.87. The van der Waals surface area contributed by atoms with Crippen LogP contribution in [0.2, 0.25) is 0 Å². The molecule has 18 heavy (non-hydrogen) atoms. The van der Waals surface area contributed by atoms with Crippen LogP contribution in [0.3, 0.4) is 0 Å². The van der Waals surface area contributed by atoms with Gasteiger partial charge in [-0.25, -0.2) is 5.84 Å². The van der Waals surface area contributed by atoms with Gasteiger partial charge in [0.1, 0.15) is 0 Å². The lowest BCUT2D eigenvalue weighted by molar-refractivity contribution is -0.155. The van der Waals surface area contributed by atoms with Crippen molar-refractivity contribution >= 4 is 27.5 Å². The maximum atomic E-state index is 11.0. The molecule has 0 bridgehead atoms. The van der Waals surface area contributed by atoms with Crippen molar-refractivity contribution in [3.05, 3.63) is 23.0 Å². The number of aromatic nitrogens is 1. The van der Waals surface area contributed by atoms with Crippen LogP contribution in [-0.4, -0.2) is 15.6 Å². The number of hydrazine groups is 1. The van der Waals surface area contributed by atoms with Gasteiger partial charge in [-0.15, -0.1) is 5.17 Å². The standard InChI is InChI=1S/C10H13N5O2S/c1-6(16)15(12)17-7-3-4-8-9(5-7)18-10(13-11)14(8)2/h3-5H,11-12H2,1-2H3. The van der Waals surface area contributed by atoms with Gasteiger partial charge in [-0.3, -0.25) is 4.79 Å². The summed E-state index contributed by atoms with van der Waals surface area (Å²) < 4.78 is 2.81. The van der Waals surface area contributed by atoms with E-state index in [0.717, 1.165) is 10.2 Å². The summed E-state index contributed by atoms with van der Waals surface area (Å²) in [6.45, 7) is 1.31. The van der Waals surface area contributed by atoms with Crippen LogP contribution in [-0.2, 0) is 11.8 Å². The number of nitrogens with zero attached hydrogens (tertiary/aromatic N) is 3. The van der Waals surface area contributed by atoms with E-state index >= 15 is 0 Å². The first-order valence-electron chi connectivity index (χ1n) is 5.10. The van der Waals surface area contributed by atoms with Gasteiger partial charge in [0, 0.05) is 20.0 Å². The van der Waals surface area contributed by atoms with Crippen molar-refractivity contribution in [1.82, 2.24) is 9.74 Å². The van der Waals surface area contributed by atoms with Gasteiger partial charge >= 0.3 is 0 Å². The van der Waals surface area contributed by atoms with Gasteiger partial charge < -0.3 is 15.2 Å². The van der Waals surface area contributed by atoms with Gasteiger partial charge in [0.15, 0.2) is 5.75 Å². The van der Waals surface area contributed by atoms with Crippen molar-refractivity contribution in [1.29, 1.82) is 0 Å². The Hall–Kier alpha value is -2.06. The number of fused-ring (bicyclic) bond motifs is 1. The lowest BCUT2D eigenvalue weighted by atomic mass is 10.3. The molecule has 0 saturated carbocycles. The van der Waals surface area contributed by atoms with E-state index in [-0.39, 0.29) is 5.91 Å². The van der Waals surface area contributed by atoms with Crippen molar-refractivity contribution in [2.24, 2.45) is 23.8 Å². The lowest BCUT2D eigenvalue weighted by Gasteiger charge is -2.14. The number of carbonyl (C=O) groups is 1. The first-order valence-corrected chi connectivity index (χ1v) is 5.91. The van der Waals surface area contributed by atoms with Crippen LogP contribution in [0.25, 0.3) is 10.2 Å². The third-order valence-electron chi connectivity index (χ3n) is 2.41. The normalized spacial score (nSPS) is 11.8. The van der Waals surface area contributed by atoms with Crippen molar-refractivity contribution in [3.63, 3.8) is 0 Å². The van der Waals surface area contributed by atoms with Crippen LogP contribution >= 0.6 is 11.3 Å². The van der Waals surface area contributed by atoms with Gasteiger partial charge in [0.05, 0.1) is 10.2 Å². The fourth-order valence-corrected chi connectivity index (χ4v) is 2.44. The topological polar surface area (TPSA) is 98.9 Å². The van der Waals surface area contributed by atoms with Crippen LogP contribution < -0.4 is 21.3 Å². The van der Waals surface area contributed by atoms with Crippen molar-refractivity contribution in [2.75, 3.05) is 0 Å². The highest BCUT2D eigenvalue weighted by Crippen LogP contribution is 2.22. The van der Waals surface area contributed by atoms with Gasteiger partial charge in [0.2, 0.25) is 4.80 Å². The first kappa shape index (κ1) is 12.4. The average Bonchev–Trinajstić information content (AvgIpc) is 2.65. The van der Waals surface area contributed by atoms with Crippen molar-refractivity contribution in [3.8, 4) is 5.75 Å². The number of rotatable bonds is 2. The average molecular weight is 267 g/mol. The lowest BCUT2D eigenvalue weighted by Crippen LogP contribution is -2.38. The zero-order valence-electron chi connectivity index (χ0n) is 9.95. The Balaban J connectivity index is 2.42. The van der Waals surface area contributed by atoms with Crippen molar-refractivity contribution in [2.45, 2.75) is 6.92 Å². The summed E-state index contributed by atoms with van der Waals surface area (Å²) in [5.41, 5.74) is 0.975. The van der Waals surface area contributed by atoms with Crippen LogP contribution in [0.1, 0.15) is 6.92 Å².